The Hall–Kier alpha value is -2.63. The summed E-state index contributed by atoms with van der Waals surface area (Å²) in [4.78, 5) is 26.6. The third-order valence-corrected chi connectivity index (χ3v) is 4.84. The first-order chi connectivity index (χ1) is 12.9. The van der Waals surface area contributed by atoms with Crippen LogP contribution in [0.25, 0.3) is 0 Å². The molecule has 0 bridgehead atoms. The van der Waals surface area contributed by atoms with Crippen LogP contribution in [0.15, 0.2) is 39.5 Å². The molecule has 1 aromatic carbocycles. The van der Waals surface area contributed by atoms with Gasteiger partial charge < -0.3 is 14.1 Å². The van der Waals surface area contributed by atoms with Gasteiger partial charge in [0.2, 0.25) is 0 Å². The lowest BCUT2D eigenvalue weighted by atomic mass is 10.00. The van der Waals surface area contributed by atoms with Gasteiger partial charge in [-0.25, -0.2) is 9.18 Å². The van der Waals surface area contributed by atoms with Crippen LogP contribution >= 0.6 is 0 Å². The molecule has 0 spiro atoms. The summed E-state index contributed by atoms with van der Waals surface area (Å²) in [6.45, 7) is 6.61. The Balaban J connectivity index is 1.65. The average Bonchev–Trinajstić information content (AvgIpc) is 2.58. The van der Waals surface area contributed by atoms with Gasteiger partial charge in [0.15, 0.2) is 0 Å². The van der Waals surface area contributed by atoms with Crippen molar-refractivity contribution in [2.75, 3.05) is 13.1 Å². The van der Waals surface area contributed by atoms with E-state index >= 15 is 0 Å². The Morgan fingerprint density at radius 3 is 2.59 bits per heavy atom. The molecule has 1 aliphatic rings. The monoisotopic (exact) mass is 373 g/mol. The summed E-state index contributed by atoms with van der Waals surface area (Å²) < 4.78 is 24.0. The van der Waals surface area contributed by atoms with Gasteiger partial charge in [-0.15, -0.1) is 0 Å². The van der Waals surface area contributed by atoms with E-state index in [2.05, 4.69) is 6.92 Å². The number of aryl methyl sites for hydroxylation is 1. The molecule has 0 radical (unpaired) electrons. The maximum Gasteiger partial charge on any atom is 0.349 e. The average molecular weight is 373 g/mol. The lowest BCUT2D eigenvalue weighted by Crippen LogP contribution is -2.56. The van der Waals surface area contributed by atoms with Crippen LogP contribution in [-0.4, -0.2) is 30.0 Å². The van der Waals surface area contributed by atoms with E-state index in [-0.39, 0.29) is 29.3 Å². The van der Waals surface area contributed by atoms with Crippen LogP contribution in [0.2, 0.25) is 0 Å². The molecule has 2 aromatic rings. The fourth-order valence-electron chi connectivity index (χ4n) is 3.25. The van der Waals surface area contributed by atoms with E-state index in [0.717, 1.165) is 12.8 Å². The molecule has 1 atom stereocenters. The first-order valence-electron chi connectivity index (χ1n) is 9.25. The Bertz CT molecular complexity index is 869. The predicted octanol–water partition coefficient (Wildman–Crippen LogP) is 3.89. The smallest absolute Gasteiger partial charge is 0.349 e. The summed E-state index contributed by atoms with van der Waals surface area (Å²) in [7, 11) is 0. The van der Waals surface area contributed by atoms with Crippen LogP contribution in [0.3, 0.4) is 0 Å². The Morgan fingerprint density at radius 1 is 1.33 bits per heavy atom. The zero-order chi connectivity index (χ0) is 19.6. The highest BCUT2D eigenvalue weighted by atomic mass is 19.1. The van der Waals surface area contributed by atoms with Crippen molar-refractivity contribution in [2.24, 2.45) is 0 Å². The van der Waals surface area contributed by atoms with Crippen LogP contribution in [0.4, 0.5) is 4.39 Å². The van der Waals surface area contributed by atoms with Crippen molar-refractivity contribution in [3.05, 3.63) is 63.5 Å². The van der Waals surface area contributed by atoms with E-state index in [9.17, 15) is 14.0 Å². The van der Waals surface area contributed by atoms with Gasteiger partial charge in [0, 0.05) is 5.92 Å². The molecule has 3 rings (SSSR count). The number of benzene rings is 1. The second kappa shape index (κ2) is 7.94. The van der Waals surface area contributed by atoms with Gasteiger partial charge in [-0.1, -0.05) is 20.3 Å². The summed E-state index contributed by atoms with van der Waals surface area (Å²) in [5.41, 5.74) is 0.139. The van der Waals surface area contributed by atoms with Crippen molar-refractivity contribution in [1.29, 1.82) is 0 Å². The molecule has 0 N–H and O–H groups in total. The molecule has 0 aliphatic carbocycles. The summed E-state index contributed by atoms with van der Waals surface area (Å²) in [6, 6.07) is 7.55. The molecule has 1 fully saturated rings. The normalized spacial score (nSPS) is 15.3. The molecular formula is C21H24FNO4. The summed E-state index contributed by atoms with van der Waals surface area (Å²) >= 11 is 0. The highest BCUT2D eigenvalue weighted by Crippen LogP contribution is 2.23. The summed E-state index contributed by atoms with van der Waals surface area (Å²) in [6.07, 6.45) is 1.74. The Labute approximate surface area is 157 Å². The van der Waals surface area contributed by atoms with Crippen molar-refractivity contribution in [1.82, 2.24) is 4.90 Å². The summed E-state index contributed by atoms with van der Waals surface area (Å²) in [5, 5.41) is 0. The van der Waals surface area contributed by atoms with Crippen LogP contribution in [0.5, 0.6) is 5.75 Å². The number of amides is 1. The van der Waals surface area contributed by atoms with E-state index < -0.39 is 5.63 Å². The summed E-state index contributed by atoms with van der Waals surface area (Å²) in [5.74, 6) is 0.653. The predicted molar refractivity (Wildman–Crippen MR) is 99.8 cm³/mol. The largest absolute Gasteiger partial charge is 0.487 e. The van der Waals surface area contributed by atoms with Gasteiger partial charge in [0.1, 0.15) is 29.0 Å². The second-order valence-corrected chi connectivity index (χ2v) is 7.09. The highest BCUT2D eigenvalue weighted by Gasteiger charge is 2.35. The number of rotatable bonds is 6. The molecule has 144 valence electrons. The molecule has 2 heterocycles. The minimum absolute atomic E-state index is 0.0858. The van der Waals surface area contributed by atoms with E-state index in [1.54, 1.807) is 30.0 Å². The fourth-order valence-corrected chi connectivity index (χ4v) is 3.25. The first kappa shape index (κ1) is 19.1. The number of halogens is 1. The molecular weight excluding hydrogens is 349 g/mol. The van der Waals surface area contributed by atoms with Crippen molar-refractivity contribution in [2.45, 2.75) is 45.6 Å². The highest BCUT2D eigenvalue weighted by molar-refractivity contribution is 5.95. The topological polar surface area (TPSA) is 59.8 Å². The molecule has 1 unspecified atom stereocenters. The molecule has 1 saturated heterocycles. The van der Waals surface area contributed by atoms with Crippen molar-refractivity contribution < 1.29 is 18.3 Å². The minimum atomic E-state index is -0.583. The first-order valence-corrected chi connectivity index (χ1v) is 9.25. The van der Waals surface area contributed by atoms with E-state index in [1.807, 2.05) is 6.92 Å². The van der Waals surface area contributed by atoms with Gasteiger partial charge in [-0.2, -0.15) is 0 Å². The fraction of sp³-hybridized carbons (Fsp3) is 0.429. The Kier molecular flexibility index (Phi) is 5.63. The Morgan fingerprint density at radius 2 is 2.00 bits per heavy atom. The number of ether oxygens (including phenoxy) is 1. The van der Waals surface area contributed by atoms with Gasteiger partial charge >= 0.3 is 5.63 Å². The van der Waals surface area contributed by atoms with Crippen LogP contribution in [0, 0.1) is 12.7 Å². The quantitative estimate of drug-likeness (QED) is 0.771. The number of carbonyl (C=O) groups excluding carboxylic acids is 1. The number of hydrogen-bond donors (Lipinski definition) is 0. The lowest BCUT2D eigenvalue weighted by molar-refractivity contribution is 0.0173. The van der Waals surface area contributed by atoms with E-state index in [0.29, 0.717) is 30.2 Å². The van der Waals surface area contributed by atoms with Crippen LogP contribution < -0.4 is 10.4 Å². The third-order valence-electron chi connectivity index (χ3n) is 4.84. The van der Waals surface area contributed by atoms with Gasteiger partial charge in [0.25, 0.3) is 5.91 Å². The van der Waals surface area contributed by atoms with Crippen LogP contribution in [0.1, 0.15) is 54.3 Å². The van der Waals surface area contributed by atoms with E-state index in [1.165, 1.54) is 12.1 Å². The molecule has 1 amide bonds. The zero-order valence-corrected chi connectivity index (χ0v) is 15.8. The third kappa shape index (κ3) is 4.21. The van der Waals surface area contributed by atoms with Gasteiger partial charge in [-0.3, -0.25) is 4.79 Å². The molecule has 27 heavy (non-hydrogen) atoms. The second-order valence-electron chi connectivity index (χ2n) is 7.09. The molecule has 5 nitrogen and oxygen atoms in total. The number of likely N-dealkylation sites (tertiary alicyclic amines) is 1. The maximum atomic E-state index is 12.9. The lowest BCUT2D eigenvalue weighted by Gasteiger charge is -2.39. The van der Waals surface area contributed by atoms with Gasteiger partial charge in [-0.05, 0) is 49.2 Å². The van der Waals surface area contributed by atoms with Gasteiger partial charge in [0.05, 0.1) is 13.1 Å². The zero-order valence-electron chi connectivity index (χ0n) is 15.8. The molecule has 1 aliphatic heterocycles. The van der Waals surface area contributed by atoms with E-state index in [4.69, 9.17) is 9.15 Å². The molecule has 0 saturated carbocycles. The number of hydrogen-bond acceptors (Lipinski definition) is 4. The van der Waals surface area contributed by atoms with Crippen LogP contribution in [-0.2, 0) is 0 Å². The van der Waals surface area contributed by atoms with Crippen molar-refractivity contribution in [3.63, 3.8) is 0 Å². The van der Waals surface area contributed by atoms with Crippen molar-refractivity contribution >= 4 is 5.91 Å². The maximum absolute atomic E-state index is 12.9. The number of carbonyl (C=O) groups is 1. The number of nitrogens with zero attached hydrogens (tertiary/aromatic N) is 1. The minimum Gasteiger partial charge on any atom is -0.487 e. The molecule has 6 heteroatoms. The van der Waals surface area contributed by atoms with Crippen molar-refractivity contribution in [3.8, 4) is 5.75 Å². The SMILES string of the molecule is CCCC(C)c1cc(C)c(C(=O)N2CC(Oc3ccc(F)cc3)C2)c(=O)o1. The molecule has 1 aromatic heterocycles. The standard InChI is InChI=1S/C21H24FNO4/c1-4-5-13(2)18-10-14(3)19(21(25)27-18)20(24)23-11-17(12-23)26-16-8-6-15(22)7-9-16/h6-10,13,17H,4-5,11-12H2,1-3H3.